The summed E-state index contributed by atoms with van der Waals surface area (Å²) in [5.41, 5.74) is -0.536. The summed E-state index contributed by atoms with van der Waals surface area (Å²) < 4.78 is 12.8. The SMILES string of the molecule is CCCCCCCCCCCCCC1CC(O)C[C@]2(CCC3(C=CC(=O)C=C3)O2)O1. The zero-order valence-corrected chi connectivity index (χ0v) is 18.9. The first kappa shape index (κ1) is 23.7. The van der Waals surface area contributed by atoms with Gasteiger partial charge in [-0.05, 0) is 43.6 Å². The van der Waals surface area contributed by atoms with Gasteiger partial charge in [0.25, 0.3) is 0 Å². The monoisotopic (exact) mass is 418 g/mol. The Morgan fingerprint density at radius 1 is 0.933 bits per heavy atom. The predicted octanol–water partition coefficient (Wildman–Crippen LogP) is 6.17. The van der Waals surface area contributed by atoms with E-state index in [1.165, 1.54) is 64.2 Å². The number of ketones is 1. The number of hydrogen-bond acceptors (Lipinski definition) is 4. The summed E-state index contributed by atoms with van der Waals surface area (Å²) in [5.74, 6) is -0.695. The molecule has 170 valence electrons. The van der Waals surface area contributed by atoms with Crippen LogP contribution in [0.5, 0.6) is 0 Å². The number of aliphatic hydroxyl groups excluding tert-OH is 1. The van der Waals surface area contributed by atoms with Crippen molar-refractivity contribution in [3.8, 4) is 0 Å². The average Bonchev–Trinajstić information content (AvgIpc) is 3.05. The van der Waals surface area contributed by atoms with Crippen molar-refractivity contribution in [2.45, 2.75) is 133 Å². The van der Waals surface area contributed by atoms with Crippen molar-refractivity contribution in [2.75, 3.05) is 0 Å². The normalized spacial score (nSPS) is 30.0. The third-order valence-corrected chi connectivity index (χ3v) is 6.92. The van der Waals surface area contributed by atoms with Gasteiger partial charge < -0.3 is 14.6 Å². The van der Waals surface area contributed by atoms with E-state index in [4.69, 9.17) is 9.47 Å². The Hall–Kier alpha value is -0.970. The fraction of sp³-hybridized carbons (Fsp3) is 0.808. The van der Waals surface area contributed by atoms with Crippen LogP contribution in [0, 0.1) is 0 Å². The van der Waals surface area contributed by atoms with Crippen LogP contribution in [0.15, 0.2) is 24.3 Å². The van der Waals surface area contributed by atoms with E-state index in [2.05, 4.69) is 6.92 Å². The molecule has 4 heteroatoms. The first-order valence-electron chi connectivity index (χ1n) is 12.5. The number of carbonyl (C=O) groups excluding carboxylic acids is 1. The third kappa shape index (κ3) is 7.03. The molecule has 3 aliphatic rings. The lowest BCUT2D eigenvalue weighted by atomic mass is 9.91. The van der Waals surface area contributed by atoms with Gasteiger partial charge >= 0.3 is 0 Å². The van der Waals surface area contributed by atoms with Crippen LogP contribution in [0.25, 0.3) is 0 Å². The summed E-state index contributed by atoms with van der Waals surface area (Å²) in [6.45, 7) is 2.27. The van der Waals surface area contributed by atoms with E-state index in [0.717, 1.165) is 25.7 Å². The number of rotatable bonds is 12. The van der Waals surface area contributed by atoms with Gasteiger partial charge in [0.15, 0.2) is 11.6 Å². The minimum absolute atomic E-state index is 0.00384. The number of hydrogen-bond donors (Lipinski definition) is 1. The van der Waals surface area contributed by atoms with Crippen LogP contribution in [-0.2, 0) is 14.3 Å². The second kappa shape index (κ2) is 11.6. The molecule has 0 aromatic rings. The molecule has 0 radical (unpaired) electrons. The van der Waals surface area contributed by atoms with Crippen molar-refractivity contribution >= 4 is 5.78 Å². The lowest BCUT2D eigenvalue weighted by molar-refractivity contribution is -0.292. The maximum Gasteiger partial charge on any atom is 0.178 e. The molecule has 2 saturated heterocycles. The van der Waals surface area contributed by atoms with E-state index in [9.17, 15) is 9.90 Å². The minimum Gasteiger partial charge on any atom is -0.393 e. The van der Waals surface area contributed by atoms with E-state index >= 15 is 0 Å². The smallest absolute Gasteiger partial charge is 0.178 e. The summed E-state index contributed by atoms with van der Waals surface area (Å²) in [4.78, 5) is 11.5. The van der Waals surface area contributed by atoms with Crippen LogP contribution in [0.1, 0.15) is 110 Å². The number of aliphatic hydroxyl groups is 1. The molecule has 2 fully saturated rings. The van der Waals surface area contributed by atoms with Crippen LogP contribution in [0.4, 0.5) is 0 Å². The largest absolute Gasteiger partial charge is 0.393 e. The van der Waals surface area contributed by atoms with Gasteiger partial charge in [-0.15, -0.1) is 0 Å². The number of unbranched alkanes of at least 4 members (excludes halogenated alkanes) is 10. The highest BCUT2D eigenvalue weighted by molar-refractivity contribution is 6.00. The second-order valence-corrected chi connectivity index (χ2v) is 9.69. The molecule has 2 spiro atoms. The summed E-state index contributed by atoms with van der Waals surface area (Å²) >= 11 is 0. The maximum absolute atomic E-state index is 11.5. The Morgan fingerprint density at radius 2 is 1.53 bits per heavy atom. The highest BCUT2D eigenvalue weighted by Crippen LogP contribution is 2.47. The van der Waals surface area contributed by atoms with Gasteiger partial charge in [0.2, 0.25) is 0 Å². The van der Waals surface area contributed by atoms with E-state index in [-0.39, 0.29) is 18.0 Å². The Labute approximate surface area is 183 Å². The van der Waals surface area contributed by atoms with Crippen molar-refractivity contribution < 1.29 is 19.4 Å². The molecule has 30 heavy (non-hydrogen) atoms. The van der Waals surface area contributed by atoms with Crippen LogP contribution < -0.4 is 0 Å². The zero-order chi connectivity index (χ0) is 21.3. The molecule has 2 heterocycles. The number of ether oxygens (including phenoxy) is 2. The van der Waals surface area contributed by atoms with Crippen molar-refractivity contribution in [2.24, 2.45) is 0 Å². The molecule has 1 aliphatic carbocycles. The van der Waals surface area contributed by atoms with Crippen molar-refractivity contribution in [3.63, 3.8) is 0 Å². The molecule has 1 N–H and O–H groups in total. The Bertz CT molecular complexity index is 580. The Morgan fingerprint density at radius 3 is 2.17 bits per heavy atom. The molecule has 0 aromatic heterocycles. The summed E-state index contributed by atoms with van der Waals surface area (Å²) in [6.07, 6.45) is 25.1. The molecule has 4 nitrogen and oxygen atoms in total. The van der Waals surface area contributed by atoms with Gasteiger partial charge in [-0.3, -0.25) is 4.79 Å². The second-order valence-electron chi connectivity index (χ2n) is 9.69. The van der Waals surface area contributed by atoms with Crippen molar-refractivity contribution in [3.05, 3.63) is 24.3 Å². The van der Waals surface area contributed by atoms with E-state index < -0.39 is 11.4 Å². The molecule has 2 aliphatic heterocycles. The Kier molecular flexibility index (Phi) is 9.15. The molecule has 0 aromatic carbocycles. The van der Waals surface area contributed by atoms with Crippen molar-refractivity contribution in [1.29, 1.82) is 0 Å². The summed E-state index contributed by atoms with van der Waals surface area (Å²) in [7, 11) is 0. The van der Waals surface area contributed by atoms with E-state index in [1.807, 2.05) is 12.2 Å². The zero-order valence-electron chi connectivity index (χ0n) is 18.9. The third-order valence-electron chi connectivity index (χ3n) is 6.92. The molecule has 2 unspecified atom stereocenters. The molecule has 0 bridgehead atoms. The number of allylic oxidation sites excluding steroid dienone is 2. The van der Waals surface area contributed by atoms with Crippen LogP contribution in [0.3, 0.4) is 0 Å². The molecular weight excluding hydrogens is 376 g/mol. The quantitative estimate of drug-likeness (QED) is 0.385. The van der Waals surface area contributed by atoms with Crippen molar-refractivity contribution in [1.82, 2.24) is 0 Å². The van der Waals surface area contributed by atoms with Crippen LogP contribution >= 0.6 is 0 Å². The van der Waals surface area contributed by atoms with Gasteiger partial charge in [0.1, 0.15) is 5.60 Å². The maximum atomic E-state index is 11.5. The summed E-state index contributed by atoms with van der Waals surface area (Å²) in [6, 6.07) is 0. The minimum atomic E-state index is -0.699. The van der Waals surface area contributed by atoms with Gasteiger partial charge in [-0.25, -0.2) is 0 Å². The summed E-state index contributed by atoms with van der Waals surface area (Å²) in [5, 5.41) is 10.5. The topological polar surface area (TPSA) is 55.8 Å². The molecule has 3 rings (SSSR count). The van der Waals surface area contributed by atoms with Gasteiger partial charge in [0.05, 0.1) is 12.2 Å². The number of carbonyl (C=O) groups is 1. The first-order valence-corrected chi connectivity index (χ1v) is 12.5. The van der Waals surface area contributed by atoms with Gasteiger partial charge in [-0.1, -0.05) is 77.6 Å². The Balaban J connectivity index is 1.31. The van der Waals surface area contributed by atoms with E-state index in [0.29, 0.717) is 12.8 Å². The molecule has 0 amide bonds. The van der Waals surface area contributed by atoms with Crippen LogP contribution in [-0.4, -0.2) is 34.5 Å². The fourth-order valence-electron chi connectivity index (χ4n) is 5.21. The van der Waals surface area contributed by atoms with E-state index in [1.54, 1.807) is 12.2 Å². The highest BCUT2D eigenvalue weighted by atomic mass is 16.7. The van der Waals surface area contributed by atoms with Gasteiger partial charge in [-0.2, -0.15) is 0 Å². The first-order chi connectivity index (χ1) is 14.5. The fourth-order valence-corrected chi connectivity index (χ4v) is 5.21. The van der Waals surface area contributed by atoms with Gasteiger partial charge in [0, 0.05) is 12.8 Å². The lowest BCUT2D eigenvalue weighted by Gasteiger charge is -2.42. The lowest BCUT2D eigenvalue weighted by Crippen LogP contribution is -2.47. The molecular formula is C26H42O4. The highest BCUT2D eigenvalue weighted by Gasteiger charge is 2.52. The predicted molar refractivity (Wildman–Crippen MR) is 120 cm³/mol. The molecule has 3 atom stereocenters. The van der Waals surface area contributed by atoms with Crippen LogP contribution in [0.2, 0.25) is 0 Å². The standard InChI is InChI=1S/C26H42O4/c1-2-3-4-5-6-7-8-9-10-11-12-13-24-20-23(28)21-26(29-24)19-18-25(30-26)16-14-22(27)15-17-25/h14-17,23-24,28H,2-13,18-21H2,1H3/t23?,24?,26-/m1/s1. The average molecular weight is 419 g/mol. The molecule has 0 saturated carbocycles.